The van der Waals surface area contributed by atoms with Crippen molar-refractivity contribution < 1.29 is 9.53 Å². The van der Waals surface area contributed by atoms with Crippen LogP contribution in [0.15, 0.2) is 0 Å². The van der Waals surface area contributed by atoms with Gasteiger partial charge in [0.1, 0.15) is 5.60 Å². The Morgan fingerprint density at radius 3 is 2.62 bits per heavy atom. The standard InChI is InChI=1S/C9H18N2O2/c1-9(2,3)13-8(12)11-6-7-4-5-10-7/h7,10H,4-6H2,1-3H3,(H,11,12)/t7-/m1/s1. The Morgan fingerprint density at radius 2 is 2.23 bits per heavy atom. The monoisotopic (exact) mass is 186 g/mol. The van der Waals surface area contributed by atoms with E-state index in [9.17, 15) is 4.79 Å². The lowest BCUT2D eigenvalue weighted by Crippen LogP contribution is -2.50. The second-order valence-electron chi connectivity index (χ2n) is 4.32. The van der Waals surface area contributed by atoms with E-state index in [1.54, 1.807) is 0 Å². The van der Waals surface area contributed by atoms with Gasteiger partial charge >= 0.3 is 6.09 Å². The van der Waals surface area contributed by atoms with Crippen LogP contribution in [0.25, 0.3) is 0 Å². The molecule has 2 N–H and O–H groups in total. The SMILES string of the molecule is CC(C)(C)OC(=O)NC[C@H]1CCN1. The average Bonchev–Trinajstić information content (AvgIpc) is 1.78. The van der Waals surface area contributed by atoms with E-state index >= 15 is 0 Å². The van der Waals surface area contributed by atoms with Crippen LogP contribution in [0.3, 0.4) is 0 Å². The molecule has 1 rings (SSSR count). The predicted molar refractivity (Wildman–Crippen MR) is 50.6 cm³/mol. The summed E-state index contributed by atoms with van der Waals surface area (Å²) in [6, 6.07) is 0.438. The van der Waals surface area contributed by atoms with Crippen molar-refractivity contribution in [1.82, 2.24) is 10.6 Å². The Bertz CT molecular complexity index is 183. The van der Waals surface area contributed by atoms with E-state index in [0.717, 1.165) is 13.0 Å². The van der Waals surface area contributed by atoms with Gasteiger partial charge in [0.25, 0.3) is 0 Å². The molecule has 0 unspecified atom stereocenters. The highest BCUT2D eigenvalue weighted by Gasteiger charge is 2.19. The molecule has 0 bridgehead atoms. The molecule has 1 saturated heterocycles. The van der Waals surface area contributed by atoms with Crippen molar-refractivity contribution in [2.24, 2.45) is 0 Å². The van der Waals surface area contributed by atoms with Crippen LogP contribution in [0.5, 0.6) is 0 Å². The quantitative estimate of drug-likeness (QED) is 0.673. The number of carbonyl (C=O) groups excluding carboxylic acids is 1. The van der Waals surface area contributed by atoms with Crippen molar-refractivity contribution in [2.45, 2.75) is 38.8 Å². The average molecular weight is 186 g/mol. The first-order chi connectivity index (χ1) is 5.97. The number of hydrogen-bond acceptors (Lipinski definition) is 3. The Hall–Kier alpha value is -0.770. The van der Waals surface area contributed by atoms with Crippen molar-refractivity contribution >= 4 is 6.09 Å². The summed E-state index contributed by atoms with van der Waals surface area (Å²) in [6.07, 6.45) is 0.802. The van der Waals surface area contributed by atoms with E-state index in [2.05, 4.69) is 10.6 Å². The number of amides is 1. The Kier molecular flexibility index (Phi) is 3.14. The maximum absolute atomic E-state index is 11.1. The summed E-state index contributed by atoms with van der Waals surface area (Å²) in [7, 11) is 0. The Labute approximate surface area is 79.0 Å². The molecule has 1 fully saturated rings. The number of carbonyl (C=O) groups is 1. The molecule has 76 valence electrons. The van der Waals surface area contributed by atoms with Crippen LogP contribution >= 0.6 is 0 Å². The molecule has 0 saturated carbocycles. The van der Waals surface area contributed by atoms with Crippen LogP contribution in [-0.4, -0.2) is 30.8 Å². The third kappa shape index (κ3) is 4.12. The summed E-state index contributed by atoms with van der Waals surface area (Å²) in [5, 5.41) is 5.91. The molecule has 1 heterocycles. The molecule has 13 heavy (non-hydrogen) atoms. The van der Waals surface area contributed by atoms with Crippen molar-refractivity contribution in [2.75, 3.05) is 13.1 Å². The molecule has 0 aromatic rings. The van der Waals surface area contributed by atoms with Gasteiger partial charge in [0.05, 0.1) is 0 Å². The second-order valence-corrected chi connectivity index (χ2v) is 4.32. The van der Waals surface area contributed by atoms with Gasteiger partial charge < -0.3 is 15.4 Å². The number of ether oxygens (including phenoxy) is 1. The van der Waals surface area contributed by atoms with E-state index < -0.39 is 5.60 Å². The van der Waals surface area contributed by atoms with Crippen LogP contribution in [0.4, 0.5) is 4.79 Å². The fourth-order valence-corrected chi connectivity index (χ4v) is 1.04. The third-order valence-corrected chi connectivity index (χ3v) is 1.82. The molecule has 0 radical (unpaired) electrons. The molecule has 1 atom stereocenters. The molecular formula is C9H18N2O2. The number of alkyl carbamates (subject to hydrolysis) is 1. The fourth-order valence-electron chi connectivity index (χ4n) is 1.04. The molecule has 0 aromatic carbocycles. The topological polar surface area (TPSA) is 50.4 Å². The highest BCUT2D eigenvalue weighted by Crippen LogP contribution is 2.06. The highest BCUT2D eigenvalue weighted by atomic mass is 16.6. The van der Waals surface area contributed by atoms with E-state index in [1.807, 2.05) is 20.8 Å². The van der Waals surface area contributed by atoms with Crippen LogP contribution in [0.2, 0.25) is 0 Å². The lowest BCUT2D eigenvalue weighted by atomic mass is 10.1. The first-order valence-electron chi connectivity index (χ1n) is 4.67. The summed E-state index contributed by atoms with van der Waals surface area (Å²) in [5.41, 5.74) is -0.406. The van der Waals surface area contributed by atoms with Gasteiger partial charge in [0.15, 0.2) is 0 Å². The Balaban J connectivity index is 2.10. The molecule has 1 aliphatic rings. The van der Waals surface area contributed by atoms with Gasteiger partial charge in [0.2, 0.25) is 0 Å². The fraction of sp³-hybridized carbons (Fsp3) is 0.889. The van der Waals surface area contributed by atoms with Crippen LogP contribution < -0.4 is 10.6 Å². The normalized spacial score (nSPS) is 21.9. The minimum absolute atomic E-state index is 0.332. The number of hydrogen-bond donors (Lipinski definition) is 2. The molecule has 1 amide bonds. The summed E-state index contributed by atoms with van der Waals surface area (Å²) in [5.74, 6) is 0. The second kappa shape index (κ2) is 3.96. The van der Waals surface area contributed by atoms with Gasteiger partial charge in [-0.1, -0.05) is 0 Å². The van der Waals surface area contributed by atoms with Crippen LogP contribution in [-0.2, 0) is 4.74 Å². The molecule has 0 aliphatic carbocycles. The molecule has 4 heteroatoms. The molecular weight excluding hydrogens is 168 g/mol. The van der Waals surface area contributed by atoms with E-state index in [1.165, 1.54) is 0 Å². The lowest BCUT2D eigenvalue weighted by molar-refractivity contribution is 0.0517. The predicted octanol–water partition coefficient (Wildman–Crippen LogP) is 0.873. The van der Waals surface area contributed by atoms with Crippen molar-refractivity contribution in [3.8, 4) is 0 Å². The summed E-state index contributed by atoms with van der Waals surface area (Å²) in [6.45, 7) is 7.28. The van der Waals surface area contributed by atoms with E-state index in [-0.39, 0.29) is 6.09 Å². The maximum Gasteiger partial charge on any atom is 0.407 e. The van der Waals surface area contributed by atoms with Gasteiger partial charge in [-0.25, -0.2) is 4.79 Å². The molecule has 4 nitrogen and oxygen atoms in total. The minimum atomic E-state index is -0.406. The zero-order chi connectivity index (χ0) is 9.90. The highest BCUT2D eigenvalue weighted by molar-refractivity contribution is 5.67. The van der Waals surface area contributed by atoms with E-state index in [4.69, 9.17) is 4.74 Å². The first-order valence-corrected chi connectivity index (χ1v) is 4.67. The van der Waals surface area contributed by atoms with Gasteiger partial charge in [-0.3, -0.25) is 0 Å². The first kappa shape index (κ1) is 10.3. The van der Waals surface area contributed by atoms with Crippen LogP contribution in [0, 0.1) is 0 Å². The van der Waals surface area contributed by atoms with Gasteiger partial charge in [-0.05, 0) is 33.7 Å². The molecule has 1 aliphatic heterocycles. The smallest absolute Gasteiger partial charge is 0.407 e. The van der Waals surface area contributed by atoms with E-state index in [0.29, 0.717) is 12.6 Å². The van der Waals surface area contributed by atoms with Gasteiger partial charge in [-0.2, -0.15) is 0 Å². The van der Waals surface area contributed by atoms with Crippen LogP contribution in [0.1, 0.15) is 27.2 Å². The van der Waals surface area contributed by atoms with Crippen molar-refractivity contribution in [1.29, 1.82) is 0 Å². The Morgan fingerprint density at radius 1 is 1.62 bits per heavy atom. The minimum Gasteiger partial charge on any atom is -0.444 e. The summed E-state index contributed by atoms with van der Waals surface area (Å²) >= 11 is 0. The van der Waals surface area contributed by atoms with Gasteiger partial charge in [0, 0.05) is 12.6 Å². The zero-order valence-corrected chi connectivity index (χ0v) is 8.52. The molecule has 0 spiro atoms. The number of nitrogens with one attached hydrogen (secondary N) is 2. The van der Waals surface area contributed by atoms with Crippen molar-refractivity contribution in [3.63, 3.8) is 0 Å². The third-order valence-electron chi connectivity index (χ3n) is 1.82. The maximum atomic E-state index is 11.1. The van der Waals surface area contributed by atoms with Gasteiger partial charge in [-0.15, -0.1) is 0 Å². The zero-order valence-electron chi connectivity index (χ0n) is 8.52. The molecule has 0 aromatic heterocycles. The number of rotatable bonds is 2. The summed E-state index contributed by atoms with van der Waals surface area (Å²) in [4.78, 5) is 11.1. The van der Waals surface area contributed by atoms with Crippen molar-refractivity contribution in [3.05, 3.63) is 0 Å². The lowest BCUT2D eigenvalue weighted by Gasteiger charge is -2.28. The summed E-state index contributed by atoms with van der Waals surface area (Å²) < 4.78 is 5.08. The largest absolute Gasteiger partial charge is 0.444 e.